The number of unbranched alkanes of at least 4 members (excludes halogenated alkanes) is 1. The molecule has 0 aliphatic rings. The fraction of sp³-hybridized carbons (Fsp3) is 0.286. The summed E-state index contributed by atoms with van der Waals surface area (Å²) in [4.78, 5) is 24.1. The molecule has 0 fully saturated rings. The lowest BCUT2D eigenvalue weighted by Crippen LogP contribution is -2.25. The van der Waals surface area contributed by atoms with E-state index in [1.807, 2.05) is 44.2 Å². The Labute approximate surface area is 158 Å². The molecular formula is C21H24N4O2. The van der Waals surface area contributed by atoms with E-state index in [4.69, 9.17) is 0 Å². The first-order chi connectivity index (χ1) is 13.1. The maximum atomic E-state index is 12.5. The molecule has 0 atom stereocenters. The normalized spacial score (nSPS) is 10.7. The summed E-state index contributed by atoms with van der Waals surface area (Å²) in [5.41, 5.74) is 3.48. The Morgan fingerprint density at radius 2 is 1.85 bits per heavy atom. The Morgan fingerprint density at radius 3 is 2.63 bits per heavy atom. The fourth-order valence-electron chi connectivity index (χ4n) is 3.03. The molecule has 27 heavy (non-hydrogen) atoms. The molecule has 0 bridgehead atoms. The summed E-state index contributed by atoms with van der Waals surface area (Å²) in [5.74, 6) is -0.121. The van der Waals surface area contributed by atoms with Crippen LogP contribution >= 0.6 is 0 Å². The number of amides is 1. The zero-order valence-corrected chi connectivity index (χ0v) is 15.7. The Kier molecular flexibility index (Phi) is 5.86. The maximum Gasteiger partial charge on any atom is 0.254 e. The Bertz CT molecular complexity index is 988. The van der Waals surface area contributed by atoms with Gasteiger partial charge in [-0.05, 0) is 44.4 Å². The average Bonchev–Trinajstić information content (AvgIpc) is 3.04. The van der Waals surface area contributed by atoms with Crippen molar-refractivity contribution in [1.82, 2.24) is 19.7 Å². The molecule has 0 aliphatic heterocycles. The molecule has 140 valence electrons. The van der Waals surface area contributed by atoms with Gasteiger partial charge >= 0.3 is 0 Å². The van der Waals surface area contributed by atoms with Crippen molar-refractivity contribution in [3.05, 3.63) is 82.0 Å². The van der Waals surface area contributed by atoms with E-state index in [2.05, 4.69) is 10.4 Å². The number of aromatic nitrogens is 3. The topological polar surface area (TPSA) is 68.9 Å². The van der Waals surface area contributed by atoms with E-state index < -0.39 is 0 Å². The number of carbonyl (C=O) groups is 1. The van der Waals surface area contributed by atoms with Crippen LogP contribution in [0.25, 0.3) is 5.69 Å². The number of hydrogen-bond donors (Lipinski definition) is 1. The van der Waals surface area contributed by atoms with Gasteiger partial charge in [0.15, 0.2) is 0 Å². The van der Waals surface area contributed by atoms with Gasteiger partial charge in [-0.25, -0.2) is 4.68 Å². The number of pyridine rings is 1. The summed E-state index contributed by atoms with van der Waals surface area (Å²) in [6.45, 7) is 5.14. The quantitative estimate of drug-likeness (QED) is 0.656. The molecule has 1 N–H and O–H groups in total. The number of nitrogens with zero attached hydrogens (tertiary/aromatic N) is 3. The van der Waals surface area contributed by atoms with Gasteiger partial charge in [-0.1, -0.05) is 24.3 Å². The highest BCUT2D eigenvalue weighted by atomic mass is 16.1. The van der Waals surface area contributed by atoms with Crippen molar-refractivity contribution in [3.63, 3.8) is 0 Å². The third-order valence-corrected chi connectivity index (χ3v) is 4.61. The van der Waals surface area contributed by atoms with Crippen LogP contribution in [0.4, 0.5) is 0 Å². The second kappa shape index (κ2) is 8.49. The standard InChI is InChI=1S/C21H24N4O2/c1-16-9-3-4-10-19(16)25-17(2)18(15-23-25)21(27)22-12-6-8-14-24-13-7-5-11-20(24)26/h3-5,7,9-11,13,15H,6,8,12,14H2,1-2H3,(H,22,27). The Morgan fingerprint density at radius 1 is 1.07 bits per heavy atom. The first-order valence-corrected chi connectivity index (χ1v) is 9.12. The van der Waals surface area contributed by atoms with E-state index in [9.17, 15) is 9.59 Å². The zero-order valence-electron chi connectivity index (χ0n) is 15.7. The molecule has 6 heteroatoms. The van der Waals surface area contributed by atoms with Gasteiger partial charge in [0.2, 0.25) is 5.56 Å². The maximum absolute atomic E-state index is 12.5. The van der Waals surface area contributed by atoms with Gasteiger partial charge in [-0.15, -0.1) is 0 Å². The largest absolute Gasteiger partial charge is 0.352 e. The van der Waals surface area contributed by atoms with E-state index in [-0.39, 0.29) is 11.5 Å². The van der Waals surface area contributed by atoms with E-state index in [0.29, 0.717) is 18.7 Å². The number of para-hydroxylation sites is 1. The summed E-state index contributed by atoms with van der Waals surface area (Å²) < 4.78 is 3.48. The summed E-state index contributed by atoms with van der Waals surface area (Å²) in [5, 5.41) is 7.32. The van der Waals surface area contributed by atoms with Gasteiger partial charge in [0.05, 0.1) is 23.1 Å². The highest BCUT2D eigenvalue weighted by Crippen LogP contribution is 2.17. The Balaban J connectivity index is 1.54. The molecule has 0 aliphatic carbocycles. The lowest BCUT2D eigenvalue weighted by molar-refractivity contribution is 0.0952. The lowest BCUT2D eigenvalue weighted by atomic mass is 10.2. The van der Waals surface area contributed by atoms with Crippen LogP contribution < -0.4 is 10.9 Å². The molecular weight excluding hydrogens is 340 g/mol. The minimum atomic E-state index is -0.121. The van der Waals surface area contributed by atoms with Crippen LogP contribution in [0.3, 0.4) is 0 Å². The zero-order chi connectivity index (χ0) is 19.2. The highest BCUT2D eigenvalue weighted by Gasteiger charge is 2.15. The molecule has 1 amide bonds. The molecule has 0 spiro atoms. The van der Waals surface area contributed by atoms with Gasteiger partial charge in [0.25, 0.3) is 5.91 Å². The third-order valence-electron chi connectivity index (χ3n) is 4.61. The highest BCUT2D eigenvalue weighted by molar-refractivity contribution is 5.95. The third kappa shape index (κ3) is 4.34. The molecule has 2 aromatic heterocycles. The van der Waals surface area contributed by atoms with Crippen molar-refractivity contribution in [2.75, 3.05) is 6.54 Å². The minimum Gasteiger partial charge on any atom is -0.352 e. The number of aryl methyl sites for hydroxylation is 2. The van der Waals surface area contributed by atoms with Crippen LogP contribution in [0.15, 0.2) is 59.7 Å². The van der Waals surface area contributed by atoms with Crippen LogP contribution in [0.1, 0.15) is 34.5 Å². The van der Waals surface area contributed by atoms with Crippen molar-refractivity contribution in [2.24, 2.45) is 0 Å². The van der Waals surface area contributed by atoms with Gasteiger partial charge in [0, 0.05) is 25.4 Å². The van der Waals surface area contributed by atoms with Crippen molar-refractivity contribution in [2.45, 2.75) is 33.2 Å². The van der Waals surface area contributed by atoms with Gasteiger partial charge in [0.1, 0.15) is 0 Å². The van der Waals surface area contributed by atoms with E-state index in [1.54, 1.807) is 33.8 Å². The number of rotatable bonds is 7. The number of carbonyl (C=O) groups excluding carboxylic acids is 1. The lowest BCUT2D eigenvalue weighted by Gasteiger charge is -2.09. The van der Waals surface area contributed by atoms with Crippen LogP contribution in [-0.4, -0.2) is 26.8 Å². The molecule has 0 saturated carbocycles. The fourth-order valence-corrected chi connectivity index (χ4v) is 3.03. The van der Waals surface area contributed by atoms with Crippen LogP contribution in [0, 0.1) is 13.8 Å². The molecule has 0 unspecified atom stereocenters. The van der Waals surface area contributed by atoms with Crippen molar-refractivity contribution in [1.29, 1.82) is 0 Å². The average molecular weight is 364 g/mol. The molecule has 6 nitrogen and oxygen atoms in total. The van der Waals surface area contributed by atoms with Gasteiger partial charge in [-0.2, -0.15) is 5.10 Å². The number of nitrogens with one attached hydrogen (secondary N) is 1. The van der Waals surface area contributed by atoms with Crippen LogP contribution in [0.5, 0.6) is 0 Å². The van der Waals surface area contributed by atoms with Crippen molar-refractivity contribution in [3.8, 4) is 5.69 Å². The summed E-state index contributed by atoms with van der Waals surface area (Å²) in [6.07, 6.45) is 5.02. The molecule has 0 saturated heterocycles. The van der Waals surface area contributed by atoms with Crippen LogP contribution in [0.2, 0.25) is 0 Å². The van der Waals surface area contributed by atoms with Gasteiger partial charge in [-0.3, -0.25) is 9.59 Å². The summed E-state index contributed by atoms with van der Waals surface area (Å²) >= 11 is 0. The molecule has 0 radical (unpaired) electrons. The Hall–Kier alpha value is -3.15. The predicted molar refractivity (Wildman–Crippen MR) is 105 cm³/mol. The SMILES string of the molecule is Cc1ccccc1-n1ncc(C(=O)NCCCCn2ccccc2=O)c1C. The van der Waals surface area contributed by atoms with Crippen molar-refractivity contribution >= 4 is 5.91 Å². The number of benzene rings is 1. The summed E-state index contributed by atoms with van der Waals surface area (Å²) in [6, 6.07) is 13.1. The second-order valence-electron chi connectivity index (χ2n) is 6.54. The predicted octanol–water partition coefficient (Wildman–Crippen LogP) is 2.86. The first kappa shape index (κ1) is 18.6. The smallest absolute Gasteiger partial charge is 0.254 e. The van der Waals surface area contributed by atoms with Crippen LogP contribution in [-0.2, 0) is 6.54 Å². The van der Waals surface area contributed by atoms with Crippen molar-refractivity contribution < 1.29 is 4.79 Å². The monoisotopic (exact) mass is 364 g/mol. The molecule has 3 aromatic rings. The van der Waals surface area contributed by atoms with E-state index in [0.717, 1.165) is 29.8 Å². The van der Waals surface area contributed by atoms with Gasteiger partial charge < -0.3 is 9.88 Å². The summed E-state index contributed by atoms with van der Waals surface area (Å²) in [7, 11) is 0. The molecule has 1 aromatic carbocycles. The van der Waals surface area contributed by atoms with E-state index in [1.165, 1.54) is 0 Å². The minimum absolute atomic E-state index is 0.000722. The molecule has 3 rings (SSSR count). The molecule has 2 heterocycles. The first-order valence-electron chi connectivity index (χ1n) is 9.12. The van der Waals surface area contributed by atoms with E-state index >= 15 is 0 Å². The number of hydrogen-bond acceptors (Lipinski definition) is 3. The second-order valence-corrected chi connectivity index (χ2v) is 6.54.